The number of nitrogens with zero attached hydrogens (tertiary/aromatic N) is 1. The van der Waals surface area contributed by atoms with Gasteiger partial charge in [0.1, 0.15) is 0 Å². The molecule has 0 saturated carbocycles. The number of benzene rings is 1. The van der Waals surface area contributed by atoms with Crippen molar-refractivity contribution in [1.29, 1.82) is 0 Å². The first-order chi connectivity index (χ1) is 7.75. The van der Waals surface area contributed by atoms with Crippen molar-refractivity contribution < 1.29 is 0 Å². The van der Waals surface area contributed by atoms with E-state index in [0.29, 0.717) is 5.92 Å². The monoisotopic (exact) mass is 211 g/mol. The van der Waals surface area contributed by atoms with Crippen molar-refractivity contribution in [3.63, 3.8) is 0 Å². The molecule has 2 rings (SSSR count). The number of hydrogen-bond donors (Lipinski definition) is 0. The lowest BCUT2D eigenvalue weighted by Gasteiger charge is -2.12. The second kappa shape index (κ2) is 4.93. The fraction of sp³-hybridized carbons (Fsp3) is 0.267. The van der Waals surface area contributed by atoms with Crippen LogP contribution in [0.1, 0.15) is 29.5 Å². The third kappa shape index (κ3) is 2.69. The lowest BCUT2D eigenvalue weighted by molar-refractivity contribution is 0.758. The Kier molecular flexibility index (Phi) is 3.35. The molecule has 0 spiro atoms. The van der Waals surface area contributed by atoms with Gasteiger partial charge in [0.2, 0.25) is 0 Å². The van der Waals surface area contributed by atoms with Crippen LogP contribution in [0, 0.1) is 6.92 Å². The van der Waals surface area contributed by atoms with Crippen LogP contribution in [0.4, 0.5) is 0 Å². The van der Waals surface area contributed by atoms with E-state index < -0.39 is 0 Å². The molecule has 1 nitrogen and oxygen atoms in total. The SMILES string of the molecule is Cc1ccc(C(C)Cc2ccncc2)cc1. The van der Waals surface area contributed by atoms with E-state index in [4.69, 9.17) is 0 Å². The van der Waals surface area contributed by atoms with Gasteiger partial charge in [0.05, 0.1) is 0 Å². The van der Waals surface area contributed by atoms with Crippen molar-refractivity contribution in [2.24, 2.45) is 0 Å². The zero-order chi connectivity index (χ0) is 11.4. The Hall–Kier alpha value is -1.63. The average molecular weight is 211 g/mol. The predicted molar refractivity (Wildman–Crippen MR) is 67.5 cm³/mol. The molecule has 1 aromatic carbocycles. The fourth-order valence-corrected chi connectivity index (χ4v) is 1.89. The normalized spacial score (nSPS) is 12.4. The number of pyridine rings is 1. The Bertz CT molecular complexity index is 431. The third-order valence-corrected chi connectivity index (χ3v) is 2.94. The molecular weight excluding hydrogens is 194 g/mol. The second-order valence-corrected chi connectivity index (χ2v) is 4.37. The van der Waals surface area contributed by atoms with E-state index in [0.717, 1.165) is 6.42 Å². The standard InChI is InChI=1S/C15H17N/c1-12-3-5-15(6-4-12)13(2)11-14-7-9-16-10-8-14/h3-10,13H,11H2,1-2H3. The first-order valence-corrected chi connectivity index (χ1v) is 5.71. The predicted octanol–water partition coefficient (Wildman–Crippen LogP) is 3.74. The summed E-state index contributed by atoms with van der Waals surface area (Å²) in [4.78, 5) is 4.04. The van der Waals surface area contributed by atoms with Gasteiger partial charge in [-0.1, -0.05) is 36.8 Å². The molecule has 1 heteroatoms. The van der Waals surface area contributed by atoms with Crippen molar-refractivity contribution in [2.45, 2.75) is 26.2 Å². The van der Waals surface area contributed by atoms with E-state index in [2.05, 4.69) is 55.2 Å². The molecule has 0 aliphatic heterocycles. The van der Waals surface area contributed by atoms with Crippen molar-refractivity contribution in [1.82, 2.24) is 4.98 Å². The first-order valence-electron chi connectivity index (χ1n) is 5.71. The highest BCUT2D eigenvalue weighted by atomic mass is 14.6. The summed E-state index contributed by atoms with van der Waals surface area (Å²) in [5, 5.41) is 0. The van der Waals surface area contributed by atoms with Gasteiger partial charge in [-0.25, -0.2) is 0 Å². The van der Waals surface area contributed by atoms with Gasteiger partial charge in [0.15, 0.2) is 0 Å². The molecule has 1 atom stereocenters. The van der Waals surface area contributed by atoms with E-state index in [1.54, 1.807) is 0 Å². The first kappa shape index (κ1) is 10.9. The van der Waals surface area contributed by atoms with Gasteiger partial charge in [0, 0.05) is 12.4 Å². The van der Waals surface area contributed by atoms with Crippen LogP contribution in [-0.2, 0) is 6.42 Å². The quantitative estimate of drug-likeness (QED) is 0.753. The minimum absolute atomic E-state index is 0.558. The van der Waals surface area contributed by atoms with Crippen LogP contribution in [0.15, 0.2) is 48.8 Å². The summed E-state index contributed by atoms with van der Waals surface area (Å²) >= 11 is 0. The lowest BCUT2D eigenvalue weighted by Crippen LogP contribution is -1.98. The Morgan fingerprint density at radius 1 is 1.00 bits per heavy atom. The van der Waals surface area contributed by atoms with Gasteiger partial charge in [-0.3, -0.25) is 4.98 Å². The van der Waals surface area contributed by atoms with Crippen molar-refractivity contribution in [3.05, 3.63) is 65.5 Å². The van der Waals surface area contributed by atoms with Gasteiger partial charge in [-0.05, 0) is 42.5 Å². The molecule has 0 bridgehead atoms. The van der Waals surface area contributed by atoms with Crippen LogP contribution in [-0.4, -0.2) is 4.98 Å². The van der Waals surface area contributed by atoms with E-state index in [9.17, 15) is 0 Å². The van der Waals surface area contributed by atoms with Gasteiger partial charge in [-0.2, -0.15) is 0 Å². The highest BCUT2D eigenvalue weighted by Crippen LogP contribution is 2.20. The molecule has 0 fully saturated rings. The molecule has 0 N–H and O–H groups in total. The minimum Gasteiger partial charge on any atom is -0.265 e. The molecule has 1 heterocycles. The van der Waals surface area contributed by atoms with Crippen LogP contribution in [0.25, 0.3) is 0 Å². The second-order valence-electron chi connectivity index (χ2n) is 4.37. The Morgan fingerprint density at radius 2 is 1.62 bits per heavy atom. The summed E-state index contributed by atoms with van der Waals surface area (Å²) < 4.78 is 0. The van der Waals surface area contributed by atoms with Crippen LogP contribution < -0.4 is 0 Å². The fourth-order valence-electron chi connectivity index (χ4n) is 1.89. The molecule has 0 radical (unpaired) electrons. The molecule has 0 saturated heterocycles. The van der Waals surface area contributed by atoms with Crippen molar-refractivity contribution in [2.75, 3.05) is 0 Å². The Morgan fingerprint density at radius 3 is 2.25 bits per heavy atom. The maximum absolute atomic E-state index is 4.04. The van der Waals surface area contributed by atoms with Gasteiger partial charge in [0.25, 0.3) is 0 Å². The molecular formula is C15H17N. The molecule has 82 valence electrons. The smallest absolute Gasteiger partial charge is 0.0270 e. The summed E-state index contributed by atoms with van der Waals surface area (Å²) in [6.07, 6.45) is 4.79. The maximum Gasteiger partial charge on any atom is 0.0270 e. The third-order valence-electron chi connectivity index (χ3n) is 2.94. The highest BCUT2D eigenvalue weighted by molar-refractivity contribution is 5.26. The van der Waals surface area contributed by atoms with Crippen LogP contribution in [0.3, 0.4) is 0 Å². The summed E-state index contributed by atoms with van der Waals surface area (Å²) in [5.74, 6) is 0.558. The number of hydrogen-bond acceptors (Lipinski definition) is 1. The zero-order valence-electron chi connectivity index (χ0n) is 9.85. The Labute approximate surface area is 97.2 Å². The Balaban J connectivity index is 2.09. The summed E-state index contributed by atoms with van der Waals surface area (Å²) in [6, 6.07) is 13.0. The van der Waals surface area contributed by atoms with Gasteiger partial charge >= 0.3 is 0 Å². The average Bonchev–Trinajstić information content (AvgIpc) is 2.31. The summed E-state index contributed by atoms with van der Waals surface area (Å²) in [6.45, 7) is 4.39. The van der Waals surface area contributed by atoms with Crippen molar-refractivity contribution >= 4 is 0 Å². The van der Waals surface area contributed by atoms with Crippen molar-refractivity contribution in [3.8, 4) is 0 Å². The summed E-state index contributed by atoms with van der Waals surface area (Å²) in [7, 11) is 0. The zero-order valence-corrected chi connectivity index (χ0v) is 9.85. The van der Waals surface area contributed by atoms with Crippen LogP contribution >= 0.6 is 0 Å². The van der Waals surface area contributed by atoms with Gasteiger partial charge < -0.3 is 0 Å². The largest absolute Gasteiger partial charge is 0.265 e. The highest BCUT2D eigenvalue weighted by Gasteiger charge is 2.05. The minimum atomic E-state index is 0.558. The molecule has 2 aromatic rings. The van der Waals surface area contributed by atoms with E-state index in [-0.39, 0.29) is 0 Å². The molecule has 1 aromatic heterocycles. The van der Waals surface area contributed by atoms with E-state index in [1.807, 2.05) is 12.4 Å². The number of aryl methyl sites for hydroxylation is 1. The van der Waals surface area contributed by atoms with Crippen LogP contribution in [0.5, 0.6) is 0 Å². The lowest BCUT2D eigenvalue weighted by atomic mass is 9.94. The molecule has 0 aliphatic rings. The maximum atomic E-state index is 4.04. The summed E-state index contributed by atoms with van der Waals surface area (Å²) in [5.41, 5.74) is 4.07. The van der Waals surface area contributed by atoms with E-state index in [1.165, 1.54) is 16.7 Å². The molecule has 0 amide bonds. The molecule has 0 aliphatic carbocycles. The van der Waals surface area contributed by atoms with E-state index >= 15 is 0 Å². The van der Waals surface area contributed by atoms with Crippen LogP contribution in [0.2, 0.25) is 0 Å². The van der Waals surface area contributed by atoms with Gasteiger partial charge in [-0.15, -0.1) is 0 Å². The number of rotatable bonds is 3. The molecule has 16 heavy (non-hydrogen) atoms. The topological polar surface area (TPSA) is 12.9 Å². The number of aromatic nitrogens is 1. The molecule has 1 unspecified atom stereocenters.